The molecule has 0 fully saturated rings. The molecule has 25 heavy (non-hydrogen) atoms. The summed E-state index contributed by atoms with van der Waals surface area (Å²) in [4.78, 5) is 16.1. The summed E-state index contributed by atoms with van der Waals surface area (Å²) in [7, 11) is 1.37. The van der Waals surface area contributed by atoms with Gasteiger partial charge < -0.3 is 15.4 Å². The normalized spacial score (nSPS) is 14.0. The van der Waals surface area contributed by atoms with Gasteiger partial charge in [0.1, 0.15) is 0 Å². The number of hydrogen-bond acceptors (Lipinski definition) is 5. The number of carbonyl (C=O) groups excluding carboxylic acids is 1. The Morgan fingerprint density at radius 2 is 2.28 bits per heavy atom. The van der Waals surface area contributed by atoms with Crippen molar-refractivity contribution in [3.63, 3.8) is 0 Å². The lowest BCUT2D eigenvalue weighted by molar-refractivity contribution is 0.0601. The maximum Gasteiger partial charge on any atom is 0.337 e. The Morgan fingerprint density at radius 3 is 3.04 bits per heavy atom. The molecule has 0 spiro atoms. The van der Waals surface area contributed by atoms with E-state index in [1.165, 1.54) is 49.7 Å². The zero-order valence-corrected chi connectivity index (χ0v) is 15.8. The number of ether oxygens (including phenoxy) is 1. The first-order chi connectivity index (χ1) is 12.2. The molecule has 1 aromatic carbocycles. The molecular formula is C18H21N3O2S2. The predicted molar refractivity (Wildman–Crippen MR) is 106 cm³/mol. The summed E-state index contributed by atoms with van der Waals surface area (Å²) in [6, 6.07) is 5.32. The van der Waals surface area contributed by atoms with E-state index < -0.39 is 0 Å². The molecule has 0 aliphatic heterocycles. The van der Waals surface area contributed by atoms with Crippen molar-refractivity contribution in [1.29, 1.82) is 0 Å². The van der Waals surface area contributed by atoms with Crippen LogP contribution in [0.25, 0.3) is 10.2 Å². The molecule has 0 saturated heterocycles. The third-order valence-corrected chi connectivity index (χ3v) is 5.33. The molecule has 1 aromatic heterocycles. The van der Waals surface area contributed by atoms with Crippen LogP contribution in [0, 0.1) is 0 Å². The molecule has 2 N–H and O–H groups in total. The summed E-state index contributed by atoms with van der Waals surface area (Å²) < 4.78 is 5.66. The Morgan fingerprint density at radius 1 is 1.40 bits per heavy atom. The molecular weight excluding hydrogens is 354 g/mol. The van der Waals surface area contributed by atoms with Gasteiger partial charge in [0.2, 0.25) is 0 Å². The third kappa shape index (κ3) is 4.76. The van der Waals surface area contributed by atoms with Gasteiger partial charge >= 0.3 is 5.97 Å². The van der Waals surface area contributed by atoms with Gasteiger partial charge in [-0.1, -0.05) is 23.0 Å². The fourth-order valence-corrected chi connectivity index (χ4v) is 4.01. The van der Waals surface area contributed by atoms with Crippen molar-refractivity contribution in [3.8, 4) is 0 Å². The van der Waals surface area contributed by atoms with Crippen molar-refractivity contribution in [2.75, 3.05) is 19.0 Å². The quantitative estimate of drug-likeness (QED) is 0.462. The summed E-state index contributed by atoms with van der Waals surface area (Å²) in [5.41, 5.74) is 2.87. The van der Waals surface area contributed by atoms with Gasteiger partial charge in [0.25, 0.3) is 0 Å². The Kier molecular flexibility index (Phi) is 5.99. The number of anilines is 1. The van der Waals surface area contributed by atoms with Crippen LogP contribution in [0.5, 0.6) is 0 Å². The predicted octanol–water partition coefficient (Wildman–Crippen LogP) is 4.26. The standard InChI is InChI=1S/C18H21N3O2S2/c1-23-16(22)13-7-8-14-15(11-13)25-18(20-14)21-17(24)19-10-9-12-5-3-2-4-6-12/h5,7-8,11H,2-4,6,9-10H2,1H3,(H2,19,20,21,24). The van der Waals surface area contributed by atoms with Crippen LogP contribution in [0.2, 0.25) is 0 Å². The number of allylic oxidation sites excluding steroid dienone is 1. The second-order valence-electron chi connectivity index (χ2n) is 5.93. The number of nitrogens with zero attached hydrogens (tertiary/aromatic N) is 1. The number of benzene rings is 1. The Balaban J connectivity index is 1.55. The molecule has 0 atom stereocenters. The number of rotatable bonds is 5. The number of carbonyl (C=O) groups is 1. The van der Waals surface area contributed by atoms with Crippen LogP contribution in [0.1, 0.15) is 42.5 Å². The largest absolute Gasteiger partial charge is 0.465 e. The van der Waals surface area contributed by atoms with E-state index in [4.69, 9.17) is 17.0 Å². The van der Waals surface area contributed by atoms with Crippen LogP contribution in [-0.4, -0.2) is 29.7 Å². The van der Waals surface area contributed by atoms with Gasteiger partial charge in [0, 0.05) is 6.54 Å². The molecule has 1 aliphatic rings. The summed E-state index contributed by atoms with van der Waals surface area (Å²) in [5.74, 6) is -0.348. The molecule has 0 amide bonds. The molecule has 5 nitrogen and oxygen atoms in total. The van der Waals surface area contributed by atoms with E-state index in [-0.39, 0.29) is 5.97 Å². The molecule has 1 heterocycles. The van der Waals surface area contributed by atoms with E-state index in [9.17, 15) is 4.79 Å². The van der Waals surface area contributed by atoms with Crippen LogP contribution in [0.4, 0.5) is 5.13 Å². The summed E-state index contributed by atoms with van der Waals surface area (Å²) in [5, 5.41) is 7.64. The van der Waals surface area contributed by atoms with E-state index >= 15 is 0 Å². The van der Waals surface area contributed by atoms with E-state index in [0.717, 1.165) is 23.2 Å². The lowest BCUT2D eigenvalue weighted by Gasteiger charge is -2.13. The van der Waals surface area contributed by atoms with Gasteiger partial charge in [-0.05, 0) is 62.5 Å². The highest BCUT2D eigenvalue weighted by molar-refractivity contribution is 7.80. The van der Waals surface area contributed by atoms with Crippen molar-refractivity contribution < 1.29 is 9.53 Å². The monoisotopic (exact) mass is 375 g/mol. The maximum atomic E-state index is 11.6. The van der Waals surface area contributed by atoms with Crippen LogP contribution in [0.3, 0.4) is 0 Å². The first-order valence-electron chi connectivity index (χ1n) is 8.37. The summed E-state index contributed by atoms with van der Waals surface area (Å²) >= 11 is 6.80. The maximum absolute atomic E-state index is 11.6. The van der Waals surface area contributed by atoms with Crippen molar-refractivity contribution in [2.24, 2.45) is 0 Å². The molecule has 0 bridgehead atoms. The number of methoxy groups -OCH3 is 1. The SMILES string of the molecule is COC(=O)c1ccc2nc(NC(=S)NCCC3=CCCCC3)sc2c1. The van der Waals surface area contributed by atoms with E-state index in [1.54, 1.807) is 12.1 Å². The van der Waals surface area contributed by atoms with Gasteiger partial charge in [-0.15, -0.1) is 0 Å². The molecule has 0 saturated carbocycles. The fraction of sp³-hybridized carbons (Fsp3) is 0.389. The Hall–Kier alpha value is -1.99. The van der Waals surface area contributed by atoms with E-state index in [2.05, 4.69) is 21.7 Å². The minimum atomic E-state index is -0.348. The van der Waals surface area contributed by atoms with Crippen LogP contribution in [-0.2, 0) is 4.74 Å². The van der Waals surface area contributed by atoms with Crippen molar-refractivity contribution in [3.05, 3.63) is 35.4 Å². The highest BCUT2D eigenvalue weighted by Gasteiger charge is 2.10. The van der Waals surface area contributed by atoms with Crippen LogP contribution >= 0.6 is 23.6 Å². The van der Waals surface area contributed by atoms with E-state index in [0.29, 0.717) is 15.8 Å². The average Bonchev–Trinajstić information content (AvgIpc) is 3.03. The number of aromatic nitrogens is 1. The highest BCUT2D eigenvalue weighted by Crippen LogP contribution is 2.27. The molecule has 3 rings (SSSR count). The van der Waals surface area contributed by atoms with Crippen molar-refractivity contribution >= 4 is 50.0 Å². The molecule has 7 heteroatoms. The van der Waals surface area contributed by atoms with Gasteiger partial charge in [0.05, 0.1) is 22.9 Å². The lowest BCUT2D eigenvalue weighted by Crippen LogP contribution is -2.29. The molecule has 132 valence electrons. The van der Waals surface area contributed by atoms with Gasteiger partial charge in [-0.2, -0.15) is 0 Å². The third-order valence-electron chi connectivity index (χ3n) is 4.15. The van der Waals surface area contributed by atoms with Crippen molar-refractivity contribution in [2.45, 2.75) is 32.1 Å². The molecule has 0 radical (unpaired) electrons. The summed E-state index contributed by atoms with van der Waals surface area (Å²) in [6.45, 7) is 0.828. The topological polar surface area (TPSA) is 63.2 Å². The zero-order chi connectivity index (χ0) is 17.6. The van der Waals surface area contributed by atoms with E-state index in [1.807, 2.05) is 6.07 Å². The minimum absolute atomic E-state index is 0.348. The summed E-state index contributed by atoms with van der Waals surface area (Å²) in [6.07, 6.45) is 8.41. The smallest absolute Gasteiger partial charge is 0.337 e. The Bertz CT molecular complexity index is 814. The van der Waals surface area contributed by atoms with Crippen molar-refractivity contribution in [1.82, 2.24) is 10.3 Å². The number of esters is 1. The zero-order valence-electron chi connectivity index (χ0n) is 14.1. The second-order valence-corrected chi connectivity index (χ2v) is 7.37. The Labute approximate surface area is 156 Å². The molecule has 1 aliphatic carbocycles. The van der Waals surface area contributed by atoms with Crippen LogP contribution in [0.15, 0.2) is 29.8 Å². The number of hydrogen-bond donors (Lipinski definition) is 2. The minimum Gasteiger partial charge on any atom is -0.465 e. The lowest BCUT2D eigenvalue weighted by atomic mass is 9.97. The van der Waals surface area contributed by atoms with Crippen LogP contribution < -0.4 is 10.6 Å². The average molecular weight is 376 g/mol. The first-order valence-corrected chi connectivity index (χ1v) is 9.60. The molecule has 0 unspecified atom stereocenters. The first kappa shape index (κ1) is 17.8. The van der Waals surface area contributed by atoms with Gasteiger partial charge in [0.15, 0.2) is 10.2 Å². The molecule has 2 aromatic rings. The van der Waals surface area contributed by atoms with Gasteiger partial charge in [-0.3, -0.25) is 0 Å². The highest BCUT2D eigenvalue weighted by atomic mass is 32.1. The second kappa shape index (κ2) is 8.40. The number of fused-ring (bicyclic) bond motifs is 1. The van der Waals surface area contributed by atoms with Gasteiger partial charge in [-0.25, -0.2) is 9.78 Å². The number of thiocarbonyl (C=S) groups is 1. The number of nitrogens with one attached hydrogen (secondary N) is 2. The fourth-order valence-electron chi connectivity index (χ4n) is 2.83. The number of thiazole rings is 1.